The molecule has 2 aromatic carbocycles. The molecule has 0 spiro atoms. The molecule has 0 fully saturated rings. The van der Waals surface area contributed by atoms with Crippen molar-refractivity contribution in [2.45, 2.75) is 26.7 Å². The molecule has 1 heterocycles. The summed E-state index contributed by atoms with van der Waals surface area (Å²) in [4.78, 5) is 49.6. The first kappa shape index (κ1) is 20.3. The fraction of sp³-hybridized carbons (Fsp3) is 0.273. The molecular weight excluding hydrogens is 372 g/mol. The maximum atomic E-state index is 12.3. The Morgan fingerprint density at radius 3 is 2.45 bits per heavy atom. The third kappa shape index (κ3) is 3.89. The number of aryl methyl sites for hydroxylation is 1. The minimum absolute atomic E-state index is 0.103. The molecule has 29 heavy (non-hydrogen) atoms. The van der Waals surface area contributed by atoms with Crippen molar-refractivity contribution >= 4 is 29.4 Å². The molecule has 1 aliphatic rings. The van der Waals surface area contributed by atoms with Gasteiger partial charge in [-0.25, -0.2) is 4.79 Å². The van der Waals surface area contributed by atoms with Crippen LogP contribution in [0.4, 0.5) is 5.69 Å². The quantitative estimate of drug-likeness (QED) is 0.621. The SMILES string of the molecule is Cc1cccc(C(C)C)c1NC(=O)COC(=O)c1ccc2c(c1)C(=O)N(C)C2=O. The number of carbonyl (C=O) groups is 4. The number of hydrogen-bond donors (Lipinski definition) is 1. The molecule has 1 aliphatic heterocycles. The summed E-state index contributed by atoms with van der Waals surface area (Å²) in [5, 5.41) is 2.81. The molecule has 7 nitrogen and oxygen atoms in total. The number of benzene rings is 2. The van der Waals surface area contributed by atoms with Crippen LogP contribution in [0.15, 0.2) is 36.4 Å². The second kappa shape index (κ2) is 7.87. The summed E-state index contributed by atoms with van der Waals surface area (Å²) < 4.78 is 5.09. The fourth-order valence-corrected chi connectivity index (χ4v) is 3.22. The van der Waals surface area contributed by atoms with Crippen molar-refractivity contribution in [2.24, 2.45) is 0 Å². The number of anilines is 1. The van der Waals surface area contributed by atoms with E-state index in [1.54, 1.807) is 0 Å². The Kier molecular flexibility index (Phi) is 5.50. The highest BCUT2D eigenvalue weighted by Gasteiger charge is 2.33. The van der Waals surface area contributed by atoms with Crippen molar-refractivity contribution in [1.82, 2.24) is 4.90 Å². The predicted octanol–water partition coefficient (Wildman–Crippen LogP) is 3.14. The van der Waals surface area contributed by atoms with E-state index in [4.69, 9.17) is 4.74 Å². The maximum Gasteiger partial charge on any atom is 0.338 e. The van der Waals surface area contributed by atoms with E-state index in [1.165, 1.54) is 25.2 Å². The number of para-hydroxylation sites is 1. The Bertz CT molecular complexity index is 1030. The molecule has 2 aromatic rings. The number of esters is 1. The summed E-state index contributed by atoms with van der Waals surface area (Å²) in [5.41, 5.74) is 3.13. The average Bonchev–Trinajstić information content (AvgIpc) is 2.91. The molecule has 3 rings (SSSR count). The number of nitrogens with one attached hydrogen (secondary N) is 1. The van der Waals surface area contributed by atoms with Crippen LogP contribution in [0.5, 0.6) is 0 Å². The van der Waals surface area contributed by atoms with Crippen molar-refractivity contribution in [3.63, 3.8) is 0 Å². The van der Waals surface area contributed by atoms with Crippen LogP contribution in [-0.2, 0) is 9.53 Å². The lowest BCUT2D eigenvalue weighted by atomic mass is 9.98. The molecule has 150 valence electrons. The van der Waals surface area contributed by atoms with Crippen LogP contribution in [0.25, 0.3) is 0 Å². The van der Waals surface area contributed by atoms with Gasteiger partial charge in [-0.2, -0.15) is 0 Å². The number of hydrogen-bond acceptors (Lipinski definition) is 5. The van der Waals surface area contributed by atoms with Gasteiger partial charge in [0.15, 0.2) is 6.61 Å². The summed E-state index contributed by atoms with van der Waals surface area (Å²) in [7, 11) is 1.38. The smallest absolute Gasteiger partial charge is 0.338 e. The normalized spacial score (nSPS) is 12.9. The van der Waals surface area contributed by atoms with Gasteiger partial charge in [-0.05, 0) is 42.2 Å². The van der Waals surface area contributed by atoms with E-state index in [2.05, 4.69) is 5.32 Å². The third-order valence-corrected chi connectivity index (χ3v) is 4.85. The second-order valence-corrected chi connectivity index (χ2v) is 7.25. The fourth-order valence-electron chi connectivity index (χ4n) is 3.22. The molecule has 0 aliphatic carbocycles. The van der Waals surface area contributed by atoms with Crippen LogP contribution in [0, 0.1) is 6.92 Å². The minimum Gasteiger partial charge on any atom is -0.452 e. The average molecular weight is 394 g/mol. The van der Waals surface area contributed by atoms with Crippen molar-refractivity contribution in [2.75, 3.05) is 19.0 Å². The highest BCUT2D eigenvalue weighted by atomic mass is 16.5. The summed E-state index contributed by atoms with van der Waals surface area (Å²) in [6.07, 6.45) is 0. The summed E-state index contributed by atoms with van der Waals surface area (Å²) in [6.45, 7) is 5.49. The number of nitrogens with zero attached hydrogens (tertiary/aromatic N) is 1. The van der Waals surface area contributed by atoms with Gasteiger partial charge in [0, 0.05) is 12.7 Å². The molecule has 0 saturated heterocycles. The van der Waals surface area contributed by atoms with Crippen LogP contribution >= 0.6 is 0 Å². The number of amides is 3. The van der Waals surface area contributed by atoms with E-state index in [1.807, 2.05) is 39.0 Å². The number of fused-ring (bicyclic) bond motifs is 1. The zero-order valence-electron chi connectivity index (χ0n) is 16.7. The van der Waals surface area contributed by atoms with Crippen LogP contribution in [0.1, 0.15) is 62.0 Å². The lowest BCUT2D eigenvalue weighted by Crippen LogP contribution is -2.24. The Labute approximate surface area is 168 Å². The Balaban J connectivity index is 1.67. The van der Waals surface area contributed by atoms with Gasteiger partial charge in [-0.15, -0.1) is 0 Å². The zero-order chi connectivity index (χ0) is 21.3. The van der Waals surface area contributed by atoms with Gasteiger partial charge in [0.05, 0.1) is 16.7 Å². The molecular formula is C22H22N2O5. The van der Waals surface area contributed by atoms with Gasteiger partial charge in [0.25, 0.3) is 17.7 Å². The van der Waals surface area contributed by atoms with Gasteiger partial charge in [0.1, 0.15) is 0 Å². The largest absolute Gasteiger partial charge is 0.452 e. The molecule has 0 atom stereocenters. The Hall–Kier alpha value is -3.48. The number of ether oxygens (including phenoxy) is 1. The number of rotatable bonds is 5. The Morgan fingerprint density at radius 1 is 1.07 bits per heavy atom. The van der Waals surface area contributed by atoms with E-state index < -0.39 is 30.3 Å². The van der Waals surface area contributed by atoms with Crippen molar-refractivity contribution in [3.8, 4) is 0 Å². The topological polar surface area (TPSA) is 92.8 Å². The molecule has 0 saturated carbocycles. The lowest BCUT2D eigenvalue weighted by molar-refractivity contribution is -0.119. The van der Waals surface area contributed by atoms with Crippen molar-refractivity contribution in [1.29, 1.82) is 0 Å². The number of imide groups is 1. The predicted molar refractivity (Wildman–Crippen MR) is 107 cm³/mol. The lowest BCUT2D eigenvalue weighted by Gasteiger charge is -2.16. The summed E-state index contributed by atoms with van der Waals surface area (Å²) in [6, 6.07) is 9.90. The summed E-state index contributed by atoms with van der Waals surface area (Å²) in [5.74, 6) is -1.87. The number of carbonyl (C=O) groups excluding carboxylic acids is 4. The molecule has 3 amide bonds. The first-order valence-corrected chi connectivity index (χ1v) is 9.23. The van der Waals surface area contributed by atoms with E-state index in [9.17, 15) is 19.2 Å². The molecule has 0 unspecified atom stereocenters. The van der Waals surface area contributed by atoms with Crippen molar-refractivity contribution < 1.29 is 23.9 Å². The van der Waals surface area contributed by atoms with Crippen LogP contribution in [-0.4, -0.2) is 42.2 Å². The molecule has 0 aromatic heterocycles. The first-order valence-electron chi connectivity index (χ1n) is 9.23. The molecule has 7 heteroatoms. The van der Waals surface area contributed by atoms with Crippen LogP contribution in [0.3, 0.4) is 0 Å². The van der Waals surface area contributed by atoms with E-state index >= 15 is 0 Å². The van der Waals surface area contributed by atoms with Gasteiger partial charge < -0.3 is 10.1 Å². The molecule has 0 bridgehead atoms. The summed E-state index contributed by atoms with van der Waals surface area (Å²) >= 11 is 0. The van der Waals surface area contributed by atoms with E-state index in [0.29, 0.717) is 5.69 Å². The monoisotopic (exact) mass is 394 g/mol. The highest BCUT2D eigenvalue weighted by Crippen LogP contribution is 2.27. The molecule has 1 N–H and O–H groups in total. The van der Waals surface area contributed by atoms with Crippen LogP contribution in [0.2, 0.25) is 0 Å². The van der Waals surface area contributed by atoms with Crippen molar-refractivity contribution in [3.05, 3.63) is 64.2 Å². The maximum absolute atomic E-state index is 12.3. The third-order valence-electron chi connectivity index (χ3n) is 4.85. The highest BCUT2D eigenvalue weighted by molar-refractivity contribution is 6.21. The first-order chi connectivity index (χ1) is 13.7. The van der Waals surface area contributed by atoms with Gasteiger partial charge in [-0.1, -0.05) is 32.0 Å². The van der Waals surface area contributed by atoms with Crippen LogP contribution < -0.4 is 5.32 Å². The minimum atomic E-state index is -0.744. The van der Waals surface area contributed by atoms with E-state index in [0.717, 1.165) is 16.0 Å². The van der Waals surface area contributed by atoms with E-state index in [-0.39, 0.29) is 22.6 Å². The zero-order valence-corrected chi connectivity index (χ0v) is 16.7. The Morgan fingerprint density at radius 2 is 1.76 bits per heavy atom. The second-order valence-electron chi connectivity index (χ2n) is 7.25. The standard InChI is InChI=1S/C22H22N2O5/c1-12(2)15-7-5-6-13(3)19(15)23-18(25)11-29-22(28)14-8-9-16-17(10-14)21(27)24(4)20(16)26/h5-10,12H,11H2,1-4H3,(H,23,25). The molecule has 0 radical (unpaired) electrons. The van der Waals surface area contributed by atoms with Gasteiger partial charge in [-0.3, -0.25) is 19.3 Å². The van der Waals surface area contributed by atoms with Gasteiger partial charge >= 0.3 is 5.97 Å². The van der Waals surface area contributed by atoms with Gasteiger partial charge in [0.2, 0.25) is 0 Å².